The molecule has 4 aliphatic rings. The first-order valence-corrected chi connectivity index (χ1v) is 10.7. The average Bonchev–Trinajstić information content (AvgIpc) is 2.58. The quantitative estimate of drug-likeness (QED) is 0.798. The van der Waals surface area contributed by atoms with E-state index in [1.54, 1.807) is 6.07 Å². The number of rotatable bonds is 3. The number of hydrogen-bond donors (Lipinski definition) is 1. The van der Waals surface area contributed by atoms with Gasteiger partial charge in [-0.25, -0.2) is 0 Å². The van der Waals surface area contributed by atoms with Crippen molar-refractivity contribution >= 4 is 21.2 Å². The molecule has 0 aliphatic heterocycles. The van der Waals surface area contributed by atoms with Crippen LogP contribution in [0.1, 0.15) is 44.1 Å². The summed E-state index contributed by atoms with van der Waals surface area (Å²) in [6, 6.07) is 14.3. The van der Waals surface area contributed by atoms with Gasteiger partial charge in [0.05, 0.1) is 0 Å². The van der Waals surface area contributed by atoms with E-state index in [0.29, 0.717) is 16.9 Å². The monoisotopic (exact) mass is 396 g/mol. The van der Waals surface area contributed by atoms with Gasteiger partial charge >= 0.3 is 139 Å². The van der Waals surface area contributed by atoms with Gasteiger partial charge in [-0.15, -0.1) is 0 Å². The molecule has 0 saturated heterocycles. The summed E-state index contributed by atoms with van der Waals surface area (Å²) in [4.78, 5) is 0. The van der Waals surface area contributed by atoms with E-state index in [4.69, 9.17) is 4.74 Å². The third kappa shape index (κ3) is 2.79. The van der Waals surface area contributed by atoms with E-state index in [-0.39, 0.29) is 0 Å². The minimum atomic E-state index is 0.308. The second kappa shape index (κ2) is 5.81. The predicted molar refractivity (Wildman–Crippen MR) is 103 cm³/mol. The molecule has 0 heterocycles. The van der Waals surface area contributed by atoms with Crippen molar-refractivity contribution in [1.29, 1.82) is 0 Å². The molecule has 4 bridgehead atoms. The van der Waals surface area contributed by atoms with Crippen molar-refractivity contribution in [2.75, 3.05) is 0 Å². The SMILES string of the molecule is Oc1cc(Oc2ccc(C34CC5CC(CC(C5)C3)C4)cc2)ccc1[AsH2]. The van der Waals surface area contributed by atoms with Crippen LogP contribution in [0.4, 0.5) is 0 Å². The van der Waals surface area contributed by atoms with Crippen LogP contribution >= 0.6 is 0 Å². The van der Waals surface area contributed by atoms with Gasteiger partial charge in [-0.1, -0.05) is 0 Å². The predicted octanol–water partition coefficient (Wildman–Crippen LogP) is 3.91. The second-order valence-corrected chi connectivity index (χ2v) is 9.85. The summed E-state index contributed by atoms with van der Waals surface area (Å²) in [5.74, 6) is 4.77. The van der Waals surface area contributed by atoms with Crippen LogP contribution in [0.5, 0.6) is 17.2 Å². The molecule has 2 aromatic carbocycles. The number of benzene rings is 2. The Morgan fingerprint density at radius 1 is 0.840 bits per heavy atom. The molecule has 2 aromatic rings. The topological polar surface area (TPSA) is 29.5 Å². The minimum absolute atomic E-state index is 0.308. The molecule has 0 radical (unpaired) electrons. The van der Waals surface area contributed by atoms with Gasteiger partial charge in [0.1, 0.15) is 0 Å². The van der Waals surface area contributed by atoms with Crippen LogP contribution in [0.2, 0.25) is 0 Å². The van der Waals surface area contributed by atoms with E-state index in [1.807, 2.05) is 12.1 Å². The summed E-state index contributed by atoms with van der Waals surface area (Å²) in [5, 5.41) is 9.85. The third-order valence-electron chi connectivity index (χ3n) is 6.74. The molecule has 6 rings (SSSR count). The molecule has 4 fully saturated rings. The van der Waals surface area contributed by atoms with Crippen molar-refractivity contribution < 1.29 is 9.84 Å². The average molecular weight is 396 g/mol. The van der Waals surface area contributed by atoms with Crippen LogP contribution in [-0.4, -0.2) is 22.0 Å². The Labute approximate surface area is 158 Å². The van der Waals surface area contributed by atoms with Crippen LogP contribution in [-0.2, 0) is 5.41 Å². The molecule has 1 unspecified atom stereocenters. The van der Waals surface area contributed by atoms with E-state index in [9.17, 15) is 5.11 Å². The molecule has 25 heavy (non-hydrogen) atoms. The van der Waals surface area contributed by atoms with E-state index in [0.717, 1.165) is 27.9 Å². The fourth-order valence-corrected chi connectivity index (χ4v) is 6.44. The molecule has 4 saturated carbocycles. The van der Waals surface area contributed by atoms with Crippen molar-refractivity contribution in [3.8, 4) is 17.2 Å². The van der Waals surface area contributed by atoms with Crippen molar-refractivity contribution in [1.82, 2.24) is 0 Å². The molecule has 130 valence electrons. The summed E-state index contributed by atoms with van der Waals surface area (Å²) in [6.45, 7) is 0. The summed E-state index contributed by atoms with van der Waals surface area (Å²) >= 11 is 1.42. The van der Waals surface area contributed by atoms with Gasteiger partial charge < -0.3 is 0 Å². The molecule has 4 aliphatic carbocycles. The molecule has 1 atom stereocenters. The van der Waals surface area contributed by atoms with Gasteiger partial charge in [-0.2, -0.15) is 0 Å². The number of phenolic OH excluding ortho intramolecular Hbond substituents is 1. The molecular formula is C22H25AsO2. The molecule has 2 nitrogen and oxygen atoms in total. The Bertz CT molecular complexity index is 761. The molecule has 1 N–H and O–H groups in total. The maximum absolute atomic E-state index is 9.85. The van der Waals surface area contributed by atoms with Crippen molar-refractivity contribution in [2.24, 2.45) is 17.8 Å². The van der Waals surface area contributed by atoms with Crippen LogP contribution in [0.25, 0.3) is 0 Å². The third-order valence-corrected chi connectivity index (χ3v) is 7.77. The first-order chi connectivity index (χ1) is 12.1. The Balaban J connectivity index is 1.37. The van der Waals surface area contributed by atoms with Crippen LogP contribution in [0.3, 0.4) is 0 Å². The van der Waals surface area contributed by atoms with Gasteiger partial charge in [0, 0.05) is 0 Å². The summed E-state index contributed by atoms with van der Waals surface area (Å²) in [6.07, 6.45) is 8.64. The Kier molecular flexibility index (Phi) is 3.68. The first-order valence-electron chi connectivity index (χ1n) is 9.46. The number of aromatic hydroxyl groups is 1. The Hall–Kier alpha value is -1.40. The van der Waals surface area contributed by atoms with E-state index >= 15 is 0 Å². The van der Waals surface area contributed by atoms with E-state index in [2.05, 4.69) is 24.3 Å². The molecule has 0 aromatic heterocycles. The summed E-state index contributed by atoms with van der Waals surface area (Å²) in [5.41, 5.74) is 1.96. The fraction of sp³-hybridized carbons (Fsp3) is 0.455. The van der Waals surface area contributed by atoms with Crippen molar-refractivity contribution in [3.05, 3.63) is 48.0 Å². The van der Waals surface area contributed by atoms with Crippen LogP contribution in [0.15, 0.2) is 42.5 Å². The summed E-state index contributed by atoms with van der Waals surface area (Å²) < 4.78 is 6.86. The van der Waals surface area contributed by atoms with Crippen LogP contribution < -0.4 is 9.09 Å². The standard InChI is InChI=1S/C22H25AsO2/c23-20-6-5-19(10-21(20)24)25-18-3-1-17(2-4-18)22-11-14-7-15(12-22)9-16(8-14)13-22/h1-6,10,14-16,24H,7-9,11-13,23H2. The molecular weight excluding hydrogens is 371 g/mol. The van der Waals surface area contributed by atoms with Crippen molar-refractivity contribution in [2.45, 2.75) is 43.9 Å². The van der Waals surface area contributed by atoms with Crippen molar-refractivity contribution in [3.63, 3.8) is 0 Å². The van der Waals surface area contributed by atoms with E-state index < -0.39 is 0 Å². The Morgan fingerprint density at radius 3 is 1.96 bits per heavy atom. The summed E-state index contributed by atoms with van der Waals surface area (Å²) in [7, 11) is 0. The van der Waals surface area contributed by atoms with Gasteiger partial charge in [0.25, 0.3) is 0 Å². The zero-order chi connectivity index (χ0) is 17.0. The molecule has 0 spiro atoms. The second-order valence-electron chi connectivity index (χ2n) is 8.54. The first kappa shape index (κ1) is 15.8. The van der Waals surface area contributed by atoms with Gasteiger partial charge in [0.15, 0.2) is 0 Å². The Morgan fingerprint density at radius 2 is 1.40 bits per heavy atom. The maximum atomic E-state index is 9.85. The van der Waals surface area contributed by atoms with Gasteiger partial charge in [-0.3, -0.25) is 0 Å². The van der Waals surface area contributed by atoms with Crippen LogP contribution in [0, 0.1) is 17.8 Å². The van der Waals surface area contributed by atoms with Gasteiger partial charge in [0.2, 0.25) is 0 Å². The number of hydrogen-bond acceptors (Lipinski definition) is 2. The normalized spacial score (nSPS) is 32.8. The zero-order valence-corrected chi connectivity index (χ0v) is 16.9. The number of phenols is 1. The van der Waals surface area contributed by atoms with E-state index in [1.165, 1.54) is 60.9 Å². The molecule has 3 heteroatoms. The fourth-order valence-electron chi connectivity index (χ4n) is 6.06. The number of ether oxygens (including phenoxy) is 1. The molecule has 0 amide bonds. The van der Waals surface area contributed by atoms with Gasteiger partial charge in [-0.05, 0) is 19.3 Å². The zero-order valence-electron chi connectivity index (χ0n) is 14.4.